The van der Waals surface area contributed by atoms with E-state index in [4.69, 9.17) is 0 Å². The van der Waals surface area contributed by atoms with Crippen LogP contribution in [0.1, 0.15) is 13.3 Å². The molecule has 5 heteroatoms. The Bertz CT molecular complexity index is 456. The SMILES string of the molecule is CC(=O)Nc1ccc(N2CCCN(C)C2=O)cc1. The van der Waals surface area contributed by atoms with Crippen molar-refractivity contribution in [1.82, 2.24) is 4.90 Å². The molecule has 1 aromatic rings. The lowest BCUT2D eigenvalue weighted by molar-refractivity contribution is -0.114. The van der Waals surface area contributed by atoms with Crippen LogP contribution in [0.15, 0.2) is 24.3 Å². The van der Waals surface area contributed by atoms with Crippen LogP contribution in [0, 0.1) is 0 Å². The van der Waals surface area contributed by atoms with Crippen LogP contribution in [-0.4, -0.2) is 37.0 Å². The van der Waals surface area contributed by atoms with Gasteiger partial charge < -0.3 is 10.2 Å². The zero-order chi connectivity index (χ0) is 13.1. The first kappa shape index (κ1) is 12.4. The lowest BCUT2D eigenvalue weighted by Gasteiger charge is -2.33. The van der Waals surface area contributed by atoms with E-state index in [9.17, 15) is 9.59 Å². The molecule has 1 aliphatic rings. The maximum Gasteiger partial charge on any atom is 0.324 e. The normalized spacial score (nSPS) is 15.8. The highest BCUT2D eigenvalue weighted by Crippen LogP contribution is 2.21. The minimum atomic E-state index is -0.100. The highest BCUT2D eigenvalue weighted by atomic mass is 16.2. The Morgan fingerprint density at radius 1 is 1.22 bits per heavy atom. The van der Waals surface area contributed by atoms with Crippen molar-refractivity contribution in [2.45, 2.75) is 13.3 Å². The molecule has 1 fully saturated rings. The fraction of sp³-hybridized carbons (Fsp3) is 0.385. The van der Waals surface area contributed by atoms with Crippen molar-refractivity contribution in [1.29, 1.82) is 0 Å². The smallest absolute Gasteiger partial charge is 0.324 e. The number of nitrogens with zero attached hydrogens (tertiary/aromatic N) is 2. The predicted octanol–water partition coefficient (Wildman–Crippen LogP) is 1.91. The second-order valence-electron chi connectivity index (χ2n) is 4.44. The fourth-order valence-corrected chi connectivity index (χ4v) is 2.03. The molecular weight excluding hydrogens is 230 g/mol. The fourth-order valence-electron chi connectivity index (χ4n) is 2.03. The molecule has 1 N–H and O–H groups in total. The van der Waals surface area contributed by atoms with Crippen LogP contribution < -0.4 is 10.2 Å². The van der Waals surface area contributed by atoms with Gasteiger partial charge in [-0.15, -0.1) is 0 Å². The summed E-state index contributed by atoms with van der Waals surface area (Å²) in [7, 11) is 1.81. The van der Waals surface area contributed by atoms with Gasteiger partial charge in [-0.25, -0.2) is 4.79 Å². The Labute approximate surface area is 106 Å². The van der Waals surface area contributed by atoms with E-state index in [1.807, 2.05) is 12.1 Å². The van der Waals surface area contributed by atoms with Gasteiger partial charge in [-0.1, -0.05) is 0 Å². The van der Waals surface area contributed by atoms with Gasteiger partial charge in [-0.2, -0.15) is 0 Å². The second-order valence-corrected chi connectivity index (χ2v) is 4.44. The summed E-state index contributed by atoms with van der Waals surface area (Å²) in [5.41, 5.74) is 1.60. The van der Waals surface area contributed by atoms with E-state index >= 15 is 0 Å². The summed E-state index contributed by atoms with van der Waals surface area (Å²) in [4.78, 5) is 26.3. The molecule has 0 aliphatic carbocycles. The molecule has 0 aromatic heterocycles. The number of hydrogen-bond acceptors (Lipinski definition) is 2. The molecule has 96 valence electrons. The van der Waals surface area contributed by atoms with Crippen molar-refractivity contribution in [3.8, 4) is 0 Å². The van der Waals surface area contributed by atoms with Gasteiger partial charge in [0.15, 0.2) is 0 Å². The molecule has 0 saturated carbocycles. The maximum absolute atomic E-state index is 12.0. The quantitative estimate of drug-likeness (QED) is 0.868. The van der Waals surface area contributed by atoms with Gasteiger partial charge in [-0.05, 0) is 30.7 Å². The van der Waals surface area contributed by atoms with Gasteiger partial charge in [0.1, 0.15) is 0 Å². The lowest BCUT2D eigenvalue weighted by atomic mass is 10.2. The van der Waals surface area contributed by atoms with E-state index in [0.29, 0.717) is 0 Å². The Hall–Kier alpha value is -2.04. The number of carbonyl (C=O) groups is 2. The van der Waals surface area contributed by atoms with Crippen molar-refractivity contribution in [2.75, 3.05) is 30.4 Å². The zero-order valence-corrected chi connectivity index (χ0v) is 10.6. The number of amides is 3. The van der Waals surface area contributed by atoms with E-state index in [1.54, 1.807) is 29.0 Å². The largest absolute Gasteiger partial charge is 0.327 e. The molecule has 0 spiro atoms. The van der Waals surface area contributed by atoms with Crippen LogP contribution in [0.25, 0.3) is 0 Å². The monoisotopic (exact) mass is 247 g/mol. The zero-order valence-electron chi connectivity index (χ0n) is 10.6. The van der Waals surface area contributed by atoms with Crippen LogP contribution in [0.5, 0.6) is 0 Å². The Morgan fingerprint density at radius 2 is 1.89 bits per heavy atom. The predicted molar refractivity (Wildman–Crippen MR) is 70.7 cm³/mol. The van der Waals surface area contributed by atoms with Crippen molar-refractivity contribution in [2.24, 2.45) is 0 Å². The molecule has 0 radical (unpaired) electrons. The molecule has 1 heterocycles. The van der Waals surface area contributed by atoms with Gasteiger partial charge in [0.25, 0.3) is 0 Å². The standard InChI is InChI=1S/C13H17N3O2/c1-10(17)14-11-4-6-12(7-5-11)16-9-3-8-15(2)13(16)18/h4-7H,3,8-9H2,1-2H3,(H,14,17). The Balaban J connectivity index is 2.13. The van der Waals surface area contributed by atoms with E-state index < -0.39 is 0 Å². The molecule has 0 atom stereocenters. The van der Waals surface area contributed by atoms with E-state index in [1.165, 1.54) is 6.92 Å². The van der Waals surface area contributed by atoms with Crippen molar-refractivity contribution < 1.29 is 9.59 Å². The molecule has 0 unspecified atom stereocenters. The molecule has 18 heavy (non-hydrogen) atoms. The molecule has 1 saturated heterocycles. The highest BCUT2D eigenvalue weighted by Gasteiger charge is 2.23. The molecule has 3 amide bonds. The number of nitrogens with one attached hydrogen (secondary N) is 1. The summed E-state index contributed by atoms with van der Waals surface area (Å²) >= 11 is 0. The van der Waals surface area contributed by atoms with Gasteiger partial charge in [0.05, 0.1) is 0 Å². The summed E-state index contributed by atoms with van der Waals surface area (Å²) in [5.74, 6) is -0.100. The number of benzene rings is 1. The summed E-state index contributed by atoms with van der Waals surface area (Å²) in [5, 5.41) is 2.70. The highest BCUT2D eigenvalue weighted by molar-refractivity contribution is 5.93. The van der Waals surface area contributed by atoms with Crippen molar-refractivity contribution >= 4 is 23.3 Å². The summed E-state index contributed by atoms with van der Waals surface area (Å²) < 4.78 is 0. The van der Waals surface area contributed by atoms with E-state index in [0.717, 1.165) is 30.9 Å². The third kappa shape index (κ3) is 2.61. The first-order valence-electron chi connectivity index (χ1n) is 5.98. The van der Waals surface area contributed by atoms with Crippen LogP contribution in [-0.2, 0) is 4.79 Å². The maximum atomic E-state index is 12.0. The number of urea groups is 1. The second kappa shape index (κ2) is 5.08. The lowest BCUT2D eigenvalue weighted by Crippen LogP contribution is -2.47. The van der Waals surface area contributed by atoms with Gasteiger partial charge >= 0.3 is 6.03 Å². The van der Waals surface area contributed by atoms with Crippen molar-refractivity contribution in [3.63, 3.8) is 0 Å². The number of hydrogen-bond donors (Lipinski definition) is 1. The van der Waals surface area contributed by atoms with Crippen LogP contribution in [0.2, 0.25) is 0 Å². The topological polar surface area (TPSA) is 52.7 Å². The van der Waals surface area contributed by atoms with Crippen molar-refractivity contribution in [3.05, 3.63) is 24.3 Å². The van der Waals surface area contributed by atoms with Gasteiger partial charge in [0, 0.05) is 38.4 Å². The van der Waals surface area contributed by atoms with Crippen LogP contribution in [0.3, 0.4) is 0 Å². The molecule has 1 aromatic carbocycles. The molecule has 5 nitrogen and oxygen atoms in total. The average Bonchev–Trinajstić information content (AvgIpc) is 2.33. The molecule has 1 aliphatic heterocycles. The Morgan fingerprint density at radius 3 is 2.50 bits per heavy atom. The van der Waals surface area contributed by atoms with Crippen LogP contribution >= 0.6 is 0 Å². The summed E-state index contributed by atoms with van der Waals surface area (Å²) in [6, 6.07) is 7.33. The van der Waals surface area contributed by atoms with E-state index in [-0.39, 0.29) is 11.9 Å². The number of carbonyl (C=O) groups excluding carboxylic acids is 2. The minimum Gasteiger partial charge on any atom is -0.327 e. The number of anilines is 2. The minimum absolute atomic E-state index is 0.0218. The first-order chi connectivity index (χ1) is 8.58. The van der Waals surface area contributed by atoms with Crippen LogP contribution in [0.4, 0.5) is 16.2 Å². The Kier molecular flexibility index (Phi) is 3.50. The average molecular weight is 247 g/mol. The molecular formula is C13H17N3O2. The summed E-state index contributed by atoms with van der Waals surface area (Å²) in [6.45, 7) is 3.01. The third-order valence-electron chi connectivity index (χ3n) is 2.93. The van der Waals surface area contributed by atoms with Gasteiger partial charge in [0.2, 0.25) is 5.91 Å². The van der Waals surface area contributed by atoms with Gasteiger partial charge in [-0.3, -0.25) is 9.69 Å². The summed E-state index contributed by atoms with van der Waals surface area (Å²) in [6.07, 6.45) is 0.968. The van der Waals surface area contributed by atoms with E-state index in [2.05, 4.69) is 5.32 Å². The molecule has 2 rings (SSSR count). The third-order valence-corrected chi connectivity index (χ3v) is 2.93. The number of rotatable bonds is 2. The molecule has 0 bridgehead atoms. The first-order valence-corrected chi connectivity index (χ1v) is 5.98.